The van der Waals surface area contributed by atoms with E-state index in [0.717, 1.165) is 11.1 Å². The van der Waals surface area contributed by atoms with Crippen molar-refractivity contribution in [3.05, 3.63) is 59.4 Å². The van der Waals surface area contributed by atoms with Gasteiger partial charge >= 0.3 is 6.03 Å². The van der Waals surface area contributed by atoms with Crippen molar-refractivity contribution in [2.75, 3.05) is 11.9 Å². The second-order valence-electron chi connectivity index (χ2n) is 5.49. The summed E-state index contributed by atoms with van der Waals surface area (Å²) in [6, 6.07) is 8.47. The number of rotatable bonds is 5. The van der Waals surface area contributed by atoms with Crippen LogP contribution in [0.2, 0.25) is 0 Å². The number of pyridine rings is 1. The number of hydrogen-bond acceptors (Lipinski definition) is 3. The molecule has 3 N–H and O–H groups in total. The molecule has 0 aliphatic carbocycles. The third-order valence-corrected chi connectivity index (χ3v) is 3.63. The molecule has 1 atom stereocenters. The maximum Gasteiger partial charge on any atom is 0.319 e. The summed E-state index contributed by atoms with van der Waals surface area (Å²) >= 11 is 0. The Morgan fingerprint density at radius 2 is 1.88 bits per heavy atom. The number of carbonyl (C=O) groups is 2. The van der Waals surface area contributed by atoms with Crippen LogP contribution in [-0.2, 0) is 0 Å². The van der Waals surface area contributed by atoms with Gasteiger partial charge in [0.05, 0.1) is 6.04 Å². The van der Waals surface area contributed by atoms with Crippen LogP contribution in [0.3, 0.4) is 0 Å². The van der Waals surface area contributed by atoms with Gasteiger partial charge in [0.1, 0.15) is 0 Å². The average Bonchev–Trinajstić information content (AvgIpc) is 2.57. The van der Waals surface area contributed by atoms with Crippen molar-refractivity contribution in [2.24, 2.45) is 0 Å². The number of hydrogen-bond donors (Lipinski definition) is 3. The summed E-state index contributed by atoms with van der Waals surface area (Å²) < 4.78 is 0. The molecule has 0 spiro atoms. The van der Waals surface area contributed by atoms with Gasteiger partial charge in [-0.05, 0) is 62.2 Å². The van der Waals surface area contributed by atoms with Crippen LogP contribution < -0.4 is 16.0 Å². The minimum Gasteiger partial charge on any atom is -0.352 e. The van der Waals surface area contributed by atoms with Crippen LogP contribution in [0.15, 0.2) is 42.7 Å². The highest BCUT2D eigenvalue weighted by Gasteiger charge is 2.11. The van der Waals surface area contributed by atoms with Crippen LogP contribution in [-0.4, -0.2) is 23.5 Å². The molecule has 2 rings (SSSR count). The zero-order valence-corrected chi connectivity index (χ0v) is 14.1. The van der Waals surface area contributed by atoms with E-state index in [0.29, 0.717) is 17.8 Å². The molecule has 0 saturated heterocycles. The Kier molecular flexibility index (Phi) is 5.89. The van der Waals surface area contributed by atoms with E-state index in [1.165, 1.54) is 0 Å². The number of amides is 3. The van der Waals surface area contributed by atoms with Gasteiger partial charge in [0.15, 0.2) is 0 Å². The molecule has 0 fully saturated rings. The van der Waals surface area contributed by atoms with Crippen molar-refractivity contribution in [2.45, 2.75) is 26.8 Å². The molecule has 3 amide bonds. The summed E-state index contributed by atoms with van der Waals surface area (Å²) in [6.07, 6.45) is 3.38. The summed E-state index contributed by atoms with van der Waals surface area (Å²) in [7, 11) is 0. The highest BCUT2D eigenvalue weighted by atomic mass is 16.2. The van der Waals surface area contributed by atoms with E-state index < -0.39 is 0 Å². The summed E-state index contributed by atoms with van der Waals surface area (Å²) in [5.74, 6) is -0.122. The molecule has 0 radical (unpaired) electrons. The number of aromatic nitrogens is 1. The van der Waals surface area contributed by atoms with Crippen LogP contribution >= 0.6 is 0 Å². The lowest BCUT2D eigenvalue weighted by Gasteiger charge is -2.16. The van der Waals surface area contributed by atoms with Crippen molar-refractivity contribution < 1.29 is 9.59 Å². The predicted molar refractivity (Wildman–Crippen MR) is 94.0 cm³/mol. The summed E-state index contributed by atoms with van der Waals surface area (Å²) in [6.45, 7) is 6.20. The van der Waals surface area contributed by atoms with Crippen molar-refractivity contribution in [3.63, 3.8) is 0 Å². The van der Waals surface area contributed by atoms with E-state index in [9.17, 15) is 9.59 Å². The van der Waals surface area contributed by atoms with Gasteiger partial charge in [-0.25, -0.2) is 4.79 Å². The summed E-state index contributed by atoms with van der Waals surface area (Å²) in [4.78, 5) is 27.9. The number of anilines is 1. The van der Waals surface area contributed by atoms with Gasteiger partial charge in [-0.2, -0.15) is 0 Å². The Labute approximate surface area is 141 Å². The van der Waals surface area contributed by atoms with Crippen LogP contribution in [0.4, 0.5) is 10.5 Å². The van der Waals surface area contributed by atoms with Crippen molar-refractivity contribution in [1.29, 1.82) is 0 Å². The highest BCUT2D eigenvalue weighted by molar-refractivity contribution is 5.96. The molecule has 0 aliphatic rings. The van der Waals surface area contributed by atoms with Crippen molar-refractivity contribution in [1.82, 2.24) is 15.6 Å². The molecule has 1 unspecified atom stereocenters. The zero-order valence-electron chi connectivity index (χ0n) is 14.1. The van der Waals surface area contributed by atoms with E-state index in [2.05, 4.69) is 20.9 Å². The van der Waals surface area contributed by atoms with Crippen LogP contribution in [0.1, 0.15) is 41.4 Å². The summed E-state index contributed by atoms with van der Waals surface area (Å²) in [5.41, 5.74) is 3.04. The van der Waals surface area contributed by atoms with Gasteiger partial charge < -0.3 is 16.0 Å². The Bertz CT molecular complexity index is 716. The van der Waals surface area contributed by atoms with Crippen LogP contribution in [0.25, 0.3) is 0 Å². The van der Waals surface area contributed by atoms with Gasteiger partial charge in [0.2, 0.25) is 0 Å². The first-order valence-corrected chi connectivity index (χ1v) is 7.87. The smallest absolute Gasteiger partial charge is 0.319 e. The Morgan fingerprint density at radius 3 is 2.50 bits per heavy atom. The lowest BCUT2D eigenvalue weighted by atomic mass is 10.1. The van der Waals surface area contributed by atoms with E-state index in [1.807, 2.05) is 32.9 Å². The molecule has 0 aliphatic heterocycles. The fourth-order valence-electron chi connectivity index (χ4n) is 2.30. The molecular weight excluding hydrogens is 304 g/mol. The maximum absolute atomic E-state index is 12.2. The first kappa shape index (κ1) is 17.5. The van der Waals surface area contributed by atoms with E-state index >= 15 is 0 Å². The molecule has 0 saturated carbocycles. The second-order valence-corrected chi connectivity index (χ2v) is 5.49. The summed E-state index contributed by atoms with van der Waals surface area (Å²) in [5, 5.41) is 8.43. The molecule has 1 aromatic carbocycles. The van der Waals surface area contributed by atoms with E-state index in [1.54, 1.807) is 30.6 Å². The number of nitrogens with zero attached hydrogens (tertiary/aromatic N) is 1. The van der Waals surface area contributed by atoms with E-state index in [4.69, 9.17) is 0 Å². The van der Waals surface area contributed by atoms with Gasteiger partial charge in [-0.3, -0.25) is 9.78 Å². The Balaban J connectivity index is 2.00. The largest absolute Gasteiger partial charge is 0.352 e. The third-order valence-electron chi connectivity index (χ3n) is 3.63. The fourth-order valence-corrected chi connectivity index (χ4v) is 2.30. The molecule has 6 heteroatoms. The standard InChI is InChI=1S/C18H22N4O2/c1-4-20-17(23)15-5-6-16(12(2)11-15)22-18(24)21-13(3)14-7-9-19-10-8-14/h5-11,13H,4H2,1-3H3,(H,20,23)(H2,21,22,24). The van der Waals surface area contributed by atoms with Crippen molar-refractivity contribution in [3.8, 4) is 0 Å². The Hall–Kier alpha value is -2.89. The van der Waals surface area contributed by atoms with Gasteiger partial charge in [0, 0.05) is 30.2 Å². The molecule has 1 heterocycles. The zero-order chi connectivity index (χ0) is 17.5. The molecule has 2 aromatic rings. The minimum absolute atomic E-state index is 0.122. The van der Waals surface area contributed by atoms with Gasteiger partial charge in [-0.15, -0.1) is 0 Å². The molecular formula is C18H22N4O2. The number of aryl methyl sites for hydroxylation is 1. The minimum atomic E-state index is -0.298. The number of nitrogens with one attached hydrogen (secondary N) is 3. The normalized spacial score (nSPS) is 11.5. The maximum atomic E-state index is 12.2. The van der Waals surface area contributed by atoms with Crippen LogP contribution in [0, 0.1) is 6.92 Å². The van der Waals surface area contributed by atoms with Crippen LogP contribution in [0.5, 0.6) is 0 Å². The molecule has 6 nitrogen and oxygen atoms in total. The lowest BCUT2D eigenvalue weighted by molar-refractivity contribution is 0.0955. The van der Waals surface area contributed by atoms with Gasteiger partial charge in [0.25, 0.3) is 5.91 Å². The highest BCUT2D eigenvalue weighted by Crippen LogP contribution is 2.17. The predicted octanol–water partition coefficient (Wildman–Crippen LogP) is 3.02. The fraction of sp³-hybridized carbons (Fsp3) is 0.278. The number of benzene rings is 1. The first-order chi connectivity index (χ1) is 11.5. The quantitative estimate of drug-likeness (QED) is 0.790. The van der Waals surface area contributed by atoms with E-state index in [-0.39, 0.29) is 18.0 Å². The molecule has 0 bridgehead atoms. The molecule has 24 heavy (non-hydrogen) atoms. The Morgan fingerprint density at radius 1 is 1.17 bits per heavy atom. The molecule has 1 aromatic heterocycles. The monoisotopic (exact) mass is 326 g/mol. The molecule has 126 valence electrons. The number of carbonyl (C=O) groups excluding carboxylic acids is 2. The topological polar surface area (TPSA) is 83.1 Å². The number of urea groups is 1. The lowest BCUT2D eigenvalue weighted by Crippen LogP contribution is -2.31. The van der Waals surface area contributed by atoms with Crippen molar-refractivity contribution >= 4 is 17.6 Å². The SMILES string of the molecule is CCNC(=O)c1ccc(NC(=O)NC(C)c2ccncc2)c(C)c1. The average molecular weight is 326 g/mol. The third kappa shape index (κ3) is 4.55. The second kappa shape index (κ2) is 8.10. The van der Waals surface area contributed by atoms with Gasteiger partial charge in [-0.1, -0.05) is 0 Å². The first-order valence-electron chi connectivity index (χ1n) is 7.87.